The Balaban J connectivity index is 3.09. The highest BCUT2D eigenvalue weighted by Gasteiger charge is 2.15. The van der Waals surface area contributed by atoms with E-state index >= 15 is 0 Å². The first-order valence-electron chi connectivity index (χ1n) is 4.94. The van der Waals surface area contributed by atoms with Crippen LogP contribution in [0.1, 0.15) is 23.6 Å². The van der Waals surface area contributed by atoms with Gasteiger partial charge < -0.3 is 4.74 Å². The Bertz CT molecular complexity index is 438. The van der Waals surface area contributed by atoms with E-state index < -0.39 is 0 Å². The number of nitrogens with zero attached hydrogens (tertiary/aromatic N) is 1. The molecule has 0 N–H and O–H groups in total. The molecule has 4 nitrogen and oxygen atoms in total. The van der Waals surface area contributed by atoms with Crippen LogP contribution in [0.4, 0.5) is 5.69 Å². The third kappa shape index (κ3) is 2.82. The molecular weight excluding hydrogens is 206 g/mol. The average molecular weight is 221 g/mol. The number of nitro benzene ring substituents is 1. The summed E-state index contributed by atoms with van der Waals surface area (Å²) in [6.07, 6.45) is 0. The van der Waals surface area contributed by atoms with Crippen molar-refractivity contribution in [3.05, 3.63) is 51.3 Å². The molecule has 0 amide bonds. The zero-order valence-electron chi connectivity index (χ0n) is 9.74. The Kier molecular flexibility index (Phi) is 3.66. The Labute approximate surface area is 94.7 Å². The van der Waals surface area contributed by atoms with Crippen molar-refractivity contribution in [2.45, 2.75) is 27.4 Å². The van der Waals surface area contributed by atoms with E-state index in [2.05, 4.69) is 6.58 Å². The number of hydrogen-bond donors (Lipinski definition) is 0. The smallest absolute Gasteiger partial charge is 0.276 e. The number of aryl methyl sites for hydroxylation is 2. The largest absolute Gasteiger partial charge is 0.494 e. The minimum absolute atomic E-state index is 0.101. The second kappa shape index (κ2) is 4.79. The molecule has 1 rings (SSSR count). The molecule has 0 saturated carbocycles. The minimum Gasteiger partial charge on any atom is -0.494 e. The molecule has 0 aromatic heterocycles. The van der Waals surface area contributed by atoms with Crippen molar-refractivity contribution in [3.63, 3.8) is 0 Å². The lowest BCUT2D eigenvalue weighted by Gasteiger charge is -2.08. The van der Waals surface area contributed by atoms with Crippen molar-refractivity contribution in [2.75, 3.05) is 0 Å². The van der Waals surface area contributed by atoms with E-state index in [0.29, 0.717) is 11.3 Å². The molecule has 0 unspecified atom stereocenters. The van der Waals surface area contributed by atoms with Crippen molar-refractivity contribution in [2.24, 2.45) is 0 Å². The molecular formula is C12H15NO3. The van der Waals surface area contributed by atoms with Crippen LogP contribution in [0, 0.1) is 24.0 Å². The van der Waals surface area contributed by atoms with Gasteiger partial charge in [-0.15, -0.1) is 0 Å². The molecule has 0 aliphatic carbocycles. The summed E-state index contributed by atoms with van der Waals surface area (Å²) in [5, 5.41) is 10.9. The van der Waals surface area contributed by atoms with Crippen LogP contribution in [0.25, 0.3) is 0 Å². The van der Waals surface area contributed by atoms with Crippen molar-refractivity contribution < 1.29 is 9.66 Å². The van der Waals surface area contributed by atoms with Gasteiger partial charge in [0.25, 0.3) is 5.69 Å². The fourth-order valence-electron chi connectivity index (χ4n) is 1.35. The van der Waals surface area contributed by atoms with Crippen LogP contribution in [0.5, 0.6) is 0 Å². The second-order valence-electron chi connectivity index (χ2n) is 3.81. The Morgan fingerprint density at radius 3 is 2.50 bits per heavy atom. The van der Waals surface area contributed by atoms with Gasteiger partial charge in [0, 0.05) is 6.07 Å². The maximum Gasteiger partial charge on any atom is 0.276 e. The number of ether oxygens (including phenoxy) is 1. The number of hydrogen-bond acceptors (Lipinski definition) is 3. The number of benzene rings is 1. The van der Waals surface area contributed by atoms with Gasteiger partial charge in [0.15, 0.2) is 0 Å². The summed E-state index contributed by atoms with van der Waals surface area (Å²) in [6, 6.07) is 3.36. The van der Waals surface area contributed by atoms with Crippen LogP contribution in [-0.2, 0) is 11.3 Å². The molecule has 1 aromatic rings. The molecule has 0 aliphatic heterocycles. The van der Waals surface area contributed by atoms with Crippen LogP contribution < -0.4 is 0 Å². The molecule has 1 aromatic carbocycles. The van der Waals surface area contributed by atoms with Gasteiger partial charge in [-0.25, -0.2) is 0 Å². The van der Waals surface area contributed by atoms with Gasteiger partial charge in [-0.3, -0.25) is 10.1 Å². The first-order chi connectivity index (χ1) is 7.41. The van der Waals surface area contributed by atoms with Crippen LogP contribution in [-0.4, -0.2) is 4.92 Å². The highest BCUT2D eigenvalue weighted by Crippen LogP contribution is 2.24. The van der Waals surface area contributed by atoms with Gasteiger partial charge in [-0.05, 0) is 38.0 Å². The minimum atomic E-state index is -0.385. The first kappa shape index (κ1) is 12.2. The molecule has 0 heterocycles. The summed E-state index contributed by atoms with van der Waals surface area (Å²) in [7, 11) is 0. The fourth-order valence-corrected chi connectivity index (χ4v) is 1.35. The summed E-state index contributed by atoms with van der Waals surface area (Å²) in [5.41, 5.74) is 2.61. The van der Waals surface area contributed by atoms with Crippen LogP contribution >= 0.6 is 0 Å². The molecule has 0 aliphatic rings. The molecule has 0 fully saturated rings. The topological polar surface area (TPSA) is 52.4 Å². The highest BCUT2D eigenvalue weighted by atomic mass is 16.6. The zero-order valence-corrected chi connectivity index (χ0v) is 9.74. The Morgan fingerprint density at radius 2 is 2.00 bits per heavy atom. The molecule has 0 saturated heterocycles. The van der Waals surface area contributed by atoms with Gasteiger partial charge >= 0.3 is 0 Å². The SMILES string of the molecule is C=C(C)OCc1cc(C)c(C)cc1[N+](=O)[O-]. The van der Waals surface area contributed by atoms with Crippen LogP contribution in [0.2, 0.25) is 0 Å². The van der Waals surface area contributed by atoms with E-state index in [0.717, 1.165) is 11.1 Å². The lowest BCUT2D eigenvalue weighted by molar-refractivity contribution is -0.385. The third-order valence-corrected chi connectivity index (χ3v) is 2.37. The van der Waals surface area contributed by atoms with Gasteiger partial charge in [0.1, 0.15) is 6.61 Å². The normalized spacial score (nSPS) is 9.94. The van der Waals surface area contributed by atoms with E-state index in [9.17, 15) is 10.1 Å². The van der Waals surface area contributed by atoms with Gasteiger partial charge in [-0.2, -0.15) is 0 Å². The quantitative estimate of drug-likeness (QED) is 0.445. The van der Waals surface area contributed by atoms with Gasteiger partial charge in [0.05, 0.1) is 16.2 Å². The third-order valence-electron chi connectivity index (χ3n) is 2.37. The standard InChI is InChI=1S/C12H15NO3/c1-8(2)16-7-11-5-9(3)10(4)6-12(11)13(14)15/h5-6H,1,7H2,2-4H3. The highest BCUT2D eigenvalue weighted by molar-refractivity contribution is 5.46. The monoisotopic (exact) mass is 221 g/mol. The van der Waals surface area contributed by atoms with Gasteiger partial charge in [-0.1, -0.05) is 6.58 Å². The Hall–Kier alpha value is -1.84. The number of rotatable bonds is 4. The molecule has 16 heavy (non-hydrogen) atoms. The molecule has 0 radical (unpaired) electrons. The summed E-state index contributed by atoms with van der Waals surface area (Å²) in [6.45, 7) is 9.27. The second-order valence-corrected chi connectivity index (χ2v) is 3.81. The Morgan fingerprint density at radius 1 is 1.44 bits per heavy atom. The van der Waals surface area contributed by atoms with Crippen LogP contribution in [0.3, 0.4) is 0 Å². The lowest BCUT2D eigenvalue weighted by Crippen LogP contribution is -1.99. The summed E-state index contributed by atoms with van der Waals surface area (Å²) < 4.78 is 5.21. The summed E-state index contributed by atoms with van der Waals surface area (Å²) in [5.74, 6) is 0.549. The predicted octanol–water partition coefficient (Wildman–Crippen LogP) is 3.26. The fraction of sp³-hybridized carbons (Fsp3) is 0.333. The summed E-state index contributed by atoms with van der Waals surface area (Å²) in [4.78, 5) is 10.5. The molecule has 4 heteroatoms. The summed E-state index contributed by atoms with van der Waals surface area (Å²) >= 11 is 0. The van der Waals surface area contributed by atoms with Crippen molar-refractivity contribution in [3.8, 4) is 0 Å². The van der Waals surface area contributed by atoms with E-state index in [1.54, 1.807) is 19.1 Å². The molecule has 0 bridgehead atoms. The van der Waals surface area contributed by atoms with Crippen molar-refractivity contribution in [1.29, 1.82) is 0 Å². The van der Waals surface area contributed by atoms with E-state index in [1.807, 2.05) is 13.8 Å². The average Bonchev–Trinajstić information content (AvgIpc) is 2.18. The first-order valence-corrected chi connectivity index (χ1v) is 4.94. The van der Waals surface area contributed by atoms with Crippen LogP contribution in [0.15, 0.2) is 24.5 Å². The number of allylic oxidation sites excluding steroid dienone is 1. The van der Waals surface area contributed by atoms with Gasteiger partial charge in [0.2, 0.25) is 0 Å². The molecule has 0 spiro atoms. The molecule has 0 atom stereocenters. The maximum absolute atomic E-state index is 10.9. The van der Waals surface area contributed by atoms with Crippen molar-refractivity contribution >= 4 is 5.69 Å². The predicted molar refractivity (Wildman–Crippen MR) is 62.2 cm³/mol. The molecule has 86 valence electrons. The van der Waals surface area contributed by atoms with E-state index in [1.165, 1.54) is 0 Å². The lowest BCUT2D eigenvalue weighted by atomic mass is 10.0. The van der Waals surface area contributed by atoms with E-state index in [-0.39, 0.29) is 17.2 Å². The van der Waals surface area contributed by atoms with E-state index in [4.69, 9.17) is 4.74 Å². The van der Waals surface area contributed by atoms with Crippen molar-refractivity contribution in [1.82, 2.24) is 0 Å². The maximum atomic E-state index is 10.9. The number of nitro groups is 1. The zero-order chi connectivity index (χ0) is 12.3.